The van der Waals surface area contributed by atoms with Gasteiger partial charge < -0.3 is 15.4 Å². The van der Waals surface area contributed by atoms with Gasteiger partial charge in [-0.2, -0.15) is 0 Å². The fourth-order valence-electron chi connectivity index (χ4n) is 1.58. The van der Waals surface area contributed by atoms with Crippen LogP contribution in [0.2, 0.25) is 0 Å². The van der Waals surface area contributed by atoms with Crippen LogP contribution in [0.4, 0.5) is 0 Å². The largest absolute Gasteiger partial charge is 0.368 e. The van der Waals surface area contributed by atoms with Gasteiger partial charge in [-0.3, -0.25) is 4.79 Å². The van der Waals surface area contributed by atoms with Crippen molar-refractivity contribution in [1.29, 1.82) is 0 Å². The number of carbonyl (C=O) groups is 1. The summed E-state index contributed by atoms with van der Waals surface area (Å²) in [6, 6.07) is 0. The second-order valence-corrected chi connectivity index (χ2v) is 4.35. The number of nitrogens with one attached hydrogen (secondary N) is 2. The Morgan fingerprint density at radius 3 is 2.75 bits per heavy atom. The summed E-state index contributed by atoms with van der Waals surface area (Å²) in [6.07, 6.45) is 4.24. The summed E-state index contributed by atoms with van der Waals surface area (Å²) in [5.41, 5.74) is 1.21. The van der Waals surface area contributed by atoms with Gasteiger partial charge in [0.05, 0.1) is 6.10 Å². The normalized spacial score (nSPS) is 16.9. The first-order valence-corrected chi connectivity index (χ1v) is 5.91. The van der Waals surface area contributed by atoms with Crippen LogP contribution in [-0.2, 0) is 9.53 Å². The Hall–Kier alpha value is -0.870. The van der Waals surface area contributed by atoms with Crippen molar-refractivity contribution in [2.24, 2.45) is 0 Å². The molecule has 0 aromatic heterocycles. The van der Waals surface area contributed by atoms with E-state index in [0.29, 0.717) is 6.54 Å². The average Bonchev–Trinajstić information content (AvgIpc) is 2.27. The maximum atomic E-state index is 11.4. The van der Waals surface area contributed by atoms with Crippen molar-refractivity contribution < 1.29 is 9.53 Å². The molecule has 16 heavy (non-hydrogen) atoms. The van der Waals surface area contributed by atoms with Crippen molar-refractivity contribution in [3.8, 4) is 0 Å². The smallest absolute Gasteiger partial charge is 0.246 e. The maximum absolute atomic E-state index is 11.4. The maximum Gasteiger partial charge on any atom is 0.246 e. The van der Waals surface area contributed by atoms with E-state index >= 15 is 0 Å². The van der Waals surface area contributed by atoms with Gasteiger partial charge in [-0.1, -0.05) is 11.6 Å². The van der Waals surface area contributed by atoms with E-state index in [-0.39, 0.29) is 18.6 Å². The van der Waals surface area contributed by atoms with Crippen LogP contribution in [0.25, 0.3) is 0 Å². The van der Waals surface area contributed by atoms with E-state index < -0.39 is 0 Å². The molecular formula is C12H22N2O2. The molecule has 4 heteroatoms. The minimum Gasteiger partial charge on any atom is -0.368 e. The summed E-state index contributed by atoms with van der Waals surface area (Å²) in [6.45, 7) is 6.78. The number of amides is 1. The van der Waals surface area contributed by atoms with Gasteiger partial charge in [0.1, 0.15) is 6.61 Å². The van der Waals surface area contributed by atoms with Crippen LogP contribution in [0.5, 0.6) is 0 Å². The van der Waals surface area contributed by atoms with Crippen LogP contribution >= 0.6 is 0 Å². The molecule has 0 unspecified atom stereocenters. The van der Waals surface area contributed by atoms with Crippen LogP contribution in [-0.4, -0.2) is 38.3 Å². The summed E-state index contributed by atoms with van der Waals surface area (Å²) < 4.78 is 5.53. The molecule has 2 N–H and O–H groups in total. The molecule has 0 radical (unpaired) electrons. The Kier molecular flexibility index (Phi) is 6.11. The molecule has 1 rings (SSSR count). The Morgan fingerprint density at radius 2 is 2.12 bits per heavy atom. The van der Waals surface area contributed by atoms with Crippen LogP contribution in [0.3, 0.4) is 0 Å². The first-order valence-electron chi connectivity index (χ1n) is 5.91. The van der Waals surface area contributed by atoms with Gasteiger partial charge in [0.25, 0.3) is 0 Å². The zero-order valence-corrected chi connectivity index (χ0v) is 10.2. The minimum absolute atomic E-state index is 0.0315. The lowest BCUT2D eigenvalue weighted by Crippen LogP contribution is -2.35. The van der Waals surface area contributed by atoms with Gasteiger partial charge in [-0.05, 0) is 39.8 Å². The molecule has 0 bridgehead atoms. The fourth-order valence-corrected chi connectivity index (χ4v) is 1.58. The molecule has 1 amide bonds. The van der Waals surface area contributed by atoms with Gasteiger partial charge in [0.15, 0.2) is 0 Å². The SMILES string of the molecule is CC(C)=CCNC(=O)COC1CCNCC1. The van der Waals surface area contributed by atoms with Gasteiger partial charge in [-0.15, -0.1) is 0 Å². The van der Waals surface area contributed by atoms with E-state index in [1.54, 1.807) is 0 Å². The quantitative estimate of drug-likeness (QED) is 0.683. The zero-order valence-electron chi connectivity index (χ0n) is 10.2. The molecule has 0 aliphatic carbocycles. The van der Waals surface area contributed by atoms with Crippen LogP contribution in [0.15, 0.2) is 11.6 Å². The lowest BCUT2D eigenvalue weighted by Gasteiger charge is -2.22. The summed E-state index contributed by atoms with van der Waals surface area (Å²) in [4.78, 5) is 11.4. The zero-order chi connectivity index (χ0) is 11.8. The predicted molar refractivity (Wildman–Crippen MR) is 64.3 cm³/mol. The van der Waals surface area contributed by atoms with E-state index in [4.69, 9.17) is 4.74 Å². The number of rotatable bonds is 5. The van der Waals surface area contributed by atoms with Crippen LogP contribution in [0, 0.1) is 0 Å². The molecule has 0 atom stereocenters. The number of carbonyl (C=O) groups excluding carboxylic acids is 1. The number of piperidine rings is 1. The summed E-state index contributed by atoms with van der Waals surface area (Å²) in [5, 5.41) is 6.06. The van der Waals surface area contributed by atoms with Gasteiger partial charge in [0, 0.05) is 6.54 Å². The molecule has 92 valence electrons. The molecule has 0 spiro atoms. The van der Waals surface area contributed by atoms with Crippen molar-refractivity contribution in [2.45, 2.75) is 32.8 Å². The van der Waals surface area contributed by atoms with Crippen molar-refractivity contribution in [3.05, 3.63) is 11.6 Å². The Bertz CT molecular complexity index is 241. The van der Waals surface area contributed by atoms with E-state index in [9.17, 15) is 4.79 Å². The topological polar surface area (TPSA) is 50.4 Å². The monoisotopic (exact) mass is 226 g/mol. The summed E-state index contributed by atoms with van der Waals surface area (Å²) >= 11 is 0. The number of hydrogen-bond donors (Lipinski definition) is 2. The summed E-state index contributed by atoms with van der Waals surface area (Å²) in [5.74, 6) is -0.0315. The third-order valence-corrected chi connectivity index (χ3v) is 2.55. The standard InChI is InChI=1S/C12H22N2O2/c1-10(2)3-8-14-12(15)9-16-11-4-6-13-7-5-11/h3,11,13H,4-9H2,1-2H3,(H,14,15). The van der Waals surface area contributed by atoms with E-state index in [0.717, 1.165) is 25.9 Å². The van der Waals surface area contributed by atoms with Crippen LogP contribution in [0.1, 0.15) is 26.7 Å². The molecule has 1 saturated heterocycles. The predicted octanol–water partition coefficient (Wildman–Crippen LogP) is 0.837. The Labute approximate surface area is 97.4 Å². The molecular weight excluding hydrogens is 204 g/mol. The van der Waals surface area contributed by atoms with E-state index in [2.05, 4.69) is 10.6 Å². The summed E-state index contributed by atoms with van der Waals surface area (Å²) in [7, 11) is 0. The highest BCUT2D eigenvalue weighted by Gasteiger charge is 2.14. The number of hydrogen-bond acceptors (Lipinski definition) is 3. The molecule has 0 aromatic carbocycles. The lowest BCUT2D eigenvalue weighted by molar-refractivity contribution is -0.128. The molecule has 1 fully saturated rings. The highest BCUT2D eigenvalue weighted by Crippen LogP contribution is 2.06. The molecule has 4 nitrogen and oxygen atoms in total. The third-order valence-electron chi connectivity index (χ3n) is 2.55. The highest BCUT2D eigenvalue weighted by molar-refractivity contribution is 5.77. The van der Waals surface area contributed by atoms with Crippen molar-refractivity contribution in [2.75, 3.05) is 26.2 Å². The molecule has 0 aromatic rings. The van der Waals surface area contributed by atoms with E-state index in [1.807, 2.05) is 19.9 Å². The van der Waals surface area contributed by atoms with E-state index in [1.165, 1.54) is 5.57 Å². The molecule has 1 aliphatic rings. The highest BCUT2D eigenvalue weighted by atomic mass is 16.5. The van der Waals surface area contributed by atoms with Crippen LogP contribution < -0.4 is 10.6 Å². The first-order chi connectivity index (χ1) is 7.68. The Morgan fingerprint density at radius 1 is 1.44 bits per heavy atom. The fraction of sp³-hybridized carbons (Fsp3) is 0.750. The van der Waals surface area contributed by atoms with Crippen molar-refractivity contribution >= 4 is 5.91 Å². The average molecular weight is 226 g/mol. The molecule has 1 aliphatic heterocycles. The second kappa shape index (κ2) is 7.41. The van der Waals surface area contributed by atoms with Gasteiger partial charge in [0.2, 0.25) is 5.91 Å². The van der Waals surface area contributed by atoms with Gasteiger partial charge >= 0.3 is 0 Å². The Balaban J connectivity index is 2.07. The van der Waals surface area contributed by atoms with Crippen molar-refractivity contribution in [1.82, 2.24) is 10.6 Å². The minimum atomic E-state index is -0.0315. The molecule has 0 saturated carbocycles. The van der Waals surface area contributed by atoms with Gasteiger partial charge in [-0.25, -0.2) is 0 Å². The molecule has 1 heterocycles. The lowest BCUT2D eigenvalue weighted by atomic mass is 10.1. The third kappa shape index (κ3) is 5.88. The number of ether oxygens (including phenoxy) is 1. The second-order valence-electron chi connectivity index (χ2n) is 4.35. The van der Waals surface area contributed by atoms with Crippen molar-refractivity contribution in [3.63, 3.8) is 0 Å². The number of allylic oxidation sites excluding steroid dienone is 1. The first kappa shape index (κ1) is 13.2.